The molecule has 0 bridgehead atoms. The van der Waals surface area contributed by atoms with E-state index in [9.17, 15) is 18.3 Å². The fraction of sp³-hybridized carbons (Fsp3) is 0.333. The fourth-order valence-corrected chi connectivity index (χ4v) is 1.16. The van der Waals surface area contributed by atoms with E-state index in [2.05, 4.69) is 0 Å². The molecule has 3 N–H and O–H groups in total. The summed E-state index contributed by atoms with van der Waals surface area (Å²) < 4.78 is 38.8. The zero-order valence-corrected chi connectivity index (χ0v) is 8.31. The highest BCUT2D eigenvalue weighted by atomic mass is 35.5. The normalized spacial score (nSPS) is 14.0. The Balaban J connectivity index is 3.02. The van der Waals surface area contributed by atoms with Crippen LogP contribution in [0.4, 0.5) is 13.2 Å². The van der Waals surface area contributed by atoms with Crippen molar-refractivity contribution in [3.8, 4) is 0 Å². The van der Waals surface area contributed by atoms with Gasteiger partial charge in [0, 0.05) is 0 Å². The first kappa shape index (κ1) is 12.3. The molecule has 1 rings (SSSR count). The highest BCUT2D eigenvalue weighted by Gasteiger charge is 2.38. The third-order valence-corrected chi connectivity index (χ3v) is 2.24. The maximum absolute atomic E-state index is 12.9. The van der Waals surface area contributed by atoms with Crippen LogP contribution in [0.15, 0.2) is 18.2 Å². The van der Waals surface area contributed by atoms with Gasteiger partial charge in [0.1, 0.15) is 11.9 Å². The van der Waals surface area contributed by atoms with Crippen LogP contribution in [0.3, 0.4) is 0 Å². The molecule has 1 aromatic rings. The maximum Gasteiger partial charge on any atom is 0.289 e. The number of aliphatic hydroxyl groups excluding tert-OH is 1. The van der Waals surface area contributed by atoms with Gasteiger partial charge in [0.15, 0.2) is 0 Å². The molecule has 0 saturated carbocycles. The van der Waals surface area contributed by atoms with Crippen molar-refractivity contribution < 1.29 is 18.3 Å². The van der Waals surface area contributed by atoms with Gasteiger partial charge < -0.3 is 10.8 Å². The van der Waals surface area contributed by atoms with Crippen LogP contribution in [0.2, 0.25) is 5.02 Å². The van der Waals surface area contributed by atoms with Gasteiger partial charge in [-0.3, -0.25) is 0 Å². The van der Waals surface area contributed by atoms with Crippen LogP contribution >= 0.6 is 11.6 Å². The average Bonchev–Trinajstić information content (AvgIpc) is 2.21. The van der Waals surface area contributed by atoms with Gasteiger partial charge in [-0.15, -0.1) is 0 Å². The van der Waals surface area contributed by atoms with Crippen LogP contribution < -0.4 is 5.73 Å². The van der Waals surface area contributed by atoms with E-state index in [1.54, 1.807) is 0 Å². The molecule has 2 nitrogen and oxygen atoms in total. The van der Waals surface area contributed by atoms with Gasteiger partial charge in [-0.1, -0.05) is 17.7 Å². The smallest absolute Gasteiger partial charge is 0.289 e. The number of halogens is 4. The lowest BCUT2D eigenvalue weighted by molar-refractivity contribution is -0.102. The van der Waals surface area contributed by atoms with Crippen molar-refractivity contribution in [3.05, 3.63) is 34.6 Å². The summed E-state index contributed by atoms with van der Waals surface area (Å²) in [6, 6.07) is 2.98. The van der Waals surface area contributed by atoms with Crippen LogP contribution in [0.25, 0.3) is 0 Å². The molecule has 0 aliphatic heterocycles. The van der Waals surface area contributed by atoms with Gasteiger partial charge in [-0.05, 0) is 17.7 Å². The number of rotatable bonds is 3. The maximum atomic E-state index is 12.9. The first-order valence-corrected chi connectivity index (χ1v) is 4.47. The van der Waals surface area contributed by atoms with Crippen molar-refractivity contribution in [1.82, 2.24) is 0 Å². The molecule has 1 unspecified atom stereocenters. The van der Waals surface area contributed by atoms with Crippen molar-refractivity contribution >= 4 is 11.6 Å². The minimum absolute atomic E-state index is 0.193. The first-order valence-electron chi connectivity index (χ1n) is 4.09. The van der Waals surface area contributed by atoms with Crippen molar-refractivity contribution in [2.75, 3.05) is 6.54 Å². The van der Waals surface area contributed by atoms with Gasteiger partial charge in [0.25, 0.3) is 5.92 Å². The molecule has 0 saturated heterocycles. The Kier molecular flexibility index (Phi) is 3.59. The predicted octanol–water partition coefficient (Wildman–Crippen LogP) is 2.11. The minimum Gasteiger partial charge on any atom is -0.382 e. The predicted molar refractivity (Wildman–Crippen MR) is 50.4 cm³/mol. The average molecular weight is 240 g/mol. The molecule has 84 valence electrons. The monoisotopic (exact) mass is 239 g/mol. The lowest BCUT2D eigenvalue weighted by Crippen LogP contribution is -2.34. The molecule has 0 amide bonds. The van der Waals surface area contributed by atoms with E-state index < -0.39 is 24.4 Å². The summed E-state index contributed by atoms with van der Waals surface area (Å²) >= 11 is 5.36. The molecular formula is C9H9ClF3NO. The summed E-state index contributed by atoms with van der Waals surface area (Å²) in [5.41, 5.74) is 4.53. The molecule has 0 aromatic heterocycles. The summed E-state index contributed by atoms with van der Waals surface area (Å²) in [6.07, 6.45) is -2.13. The van der Waals surface area contributed by atoms with Crippen molar-refractivity contribution in [2.45, 2.75) is 12.0 Å². The standard InChI is InChI=1S/C9H9ClF3NO/c10-6-2-1-5(3-7(6)11)8(15)9(12,13)4-14/h1-3,8,15H,4,14H2. The van der Waals surface area contributed by atoms with Crippen LogP contribution in [-0.2, 0) is 0 Å². The highest BCUT2D eigenvalue weighted by molar-refractivity contribution is 6.30. The molecule has 15 heavy (non-hydrogen) atoms. The molecule has 0 aliphatic rings. The van der Waals surface area contributed by atoms with Crippen LogP contribution in [0.5, 0.6) is 0 Å². The number of benzene rings is 1. The lowest BCUT2D eigenvalue weighted by Gasteiger charge is -2.21. The number of alkyl halides is 2. The van der Waals surface area contributed by atoms with Crippen LogP contribution in [0.1, 0.15) is 11.7 Å². The molecule has 0 spiro atoms. The van der Waals surface area contributed by atoms with Gasteiger partial charge in [0.05, 0.1) is 11.6 Å². The van der Waals surface area contributed by atoms with Crippen LogP contribution in [-0.4, -0.2) is 17.6 Å². The molecule has 0 radical (unpaired) electrons. The van der Waals surface area contributed by atoms with Crippen LogP contribution in [0, 0.1) is 5.82 Å². The number of nitrogens with two attached hydrogens (primary N) is 1. The Morgan fingerprint density at radius 1 is 1.47 bits per heavy atom. The third-order valence-electron chi connectivity index (χ3n) is 1.93. The number of aliphatic hydroxyl groups is 1. The summed E-state index contributed by atoms with van der Waals surface area (Å²) in [5, 5.41) is 9.03. The Bertz CT molecular complexity index is 359. The summed E-state index contributed by atoms with van der Waals surface area (Å²) in [6.45, 7) is -1.02. The summed E-state index contributed by atoms with van der Waals surface area (Å²) in [5.74, 6) is -4.35. The quantitative estimate of drug-likeness (QED) is 0.849. The highest BCUT2D eigenvalue weighted by Crippen LogP contribution is 2.31. The lowest BCUT2D eigenvalue weighted by atomic mass is 10.0. The Hall–Kier alpha value is -0.780. The van der Waals surface area contributed by atoms with Crippen molar-refractivity contribution in [3.63, 3.8) is 0 Å². The molecule has 0 heterocycles. The molecule has 1 atom stereocenters. The third kappa shape index (κ3) is 2.62. The number of hydrogen-bond donors (Lipinski definition) is 2. The fourth-order valence-electron chi connectivity index (χ4n) is 1.04. The van der Waals surface area contributed by atoms with Gasteiger partial charge in [-0.25, -0.2) is 13.2 Å². The van der Waals surface area contributed by atoms with E-state index in [0.29, 0.717) is 0 Å². The molecular weight excluding hydrogens is 231 g/mol. The second-order valence-electron chi connectivity index (χ2n) is 3.04. The van der Waals surface area contributed by atoms with E-state index >= 15 is 0 Å². The minimum atomic E-state index is -3.49. The van der Waals surface area contributed by atoms with Crippen molar-refractivity contribution in [2.24, 2.45) is 5.73 Å². The van der Waals surface area contributed by atoms with E-state index in [-0.39, 0.29) is 10.6 Å². The second kappa shape index (κ2) is 4.38. The first-order chi connectivity index (χ1) is 6.88. The SMILES string of the molecule is NCC(F)(F)C(O)c1ccc(Cl)c(F)c1. The van der Waals surface area contributed by atoms with Gasteiger partial charge in [-0.2, -0.15) is 0 Å². The van der Waals surface area contributed by atoms with E-state index in [1.165, 1.54) is 0 Å². The van der Waals surface area contributed by atoms with E-state index in [4.69, 9.17) is 17.3 Å². The van der Waals surface area contributed by atoms with Gasteiger partial charge >= 0.3 is 0 Å². The van der Waals surface area contributed by atoms with Crippen molar-refractivity contribution in [1.29, 1.82) is 0 Å². The van der Waals surface area contributed by atoms with E-state index in [0.717, 1.165) is 18.2 Å². The number of hydrogen-bond acceptors (Lipinski definition) is 2. The second-order valence-corrected chi connectivity index (χ2v) is 3.45. The molecule has 1 aromatic carbocycles. The Morgan fingerprint density at radius 2 is 2.07 bits per heavy atom. The summed E-state index contributed by atoms with van der Waals surface area (Å²) in [4.78, 5) is 0. The van der Waals surface area contributed by atoms with E-state index in [1.807, 2.05) is 0 Å². The molecule has 0 fully saturated rings. The summed E-state index contributed by atoms with van der Waals surface area (Å²) in [7, 11) is 0. The largest absolute Gasteiger partial charge is 0.382 e. The molecule has 0 aliphatic carbocycles. The molecule has 6 heteroatoms. The van der Waals surface area contributed by atoms with Gasteiger partial charge in [0.2, 0.25) is 0 Å². The Morgan fingerprint density at radius 3 is 2.53 bits per heavy atom. The zero-order valence-electron chi connectivity index (χ0n) is 7.55. The Labute approximate surface area is 89.5 Å². The zero-order chi connectivity index (χ0) is 11.6. The topological polar surface area (TPSA) is 46.2 Å².